The monoisotopic (exact) mass is 515 g/mol. The first-order valence-corrected chi connectivity index (χ1v) is 12.3. The summed E-state index contributed by atoms with van der Waals surface area (Å²) in [4.78, 5) is 41.4. The smallest absolute Gasteiger partial charge is 0.343 e. The molecule has 1 aromatic carbocycles. The molecule has 0 fully saturated rings. The molecule has 0 unspecified atom stereocenters. The second kappa shape index (κ2) is 8.55. The van der Waals surface area contributed by atoms with E-state index in [9.17, 15) is 14.7 Å². The van der Waals surface area contributed by atoms with Gasteiger partial charge in [0.15, 0.2) is 0 Å². The first kappa shape index (κ1) is 25.2. The van der Waals surface area contributed by atoms with Crippen molar-refractivity contribution in [1.29, 1.82) is 0 Å². The minimum absolute atomic E-state index is 0.0566. The van der Waals surface area contributed by atoms with Crippen LogP contribution in [0.2, 0.25) is 0 Å². The van der Waals surface area contributed by atoms with E-state index in [1.807, 2.05) is 0 Å². The Morgan fingerprint density at radius 2 is 1.84 bits per heavy atom. The quantitative estimate of drug-likeness (QED) is 0.187. The second-order valence-electron chi connectivity index (χ2n) is 11.1. The summed E-state index contributed by atoms with van der Waals surface area (Å²) in [7, 11) is 0. The lowest BCUT2D eigenvalue weighted by Crippen LogP contribution is -2.46. The lowest BCUT2D eigenvalue weighted by atomic mass is 9.69. The van der Waals surface area contributed by atoms with Gasteiger partial charge in [-0.05, 0) is 52.7 Å². The van der Waals surface area contributed by atoms with Crippen LogP contribution in [-0.2, 0) is 15.7 Å². The number of pyridine rings is 1. The Labute approximate surface area is 218 Å². The van der Waals surface area contributed by atoms with Gasteiger partial charge in [0.05, 0.1) is 12.1 Å². The van der Waals surface area contributed by atoms with E-state index in [2.05, 4.69) is 61.6 Å². The average Bonchev–Trinajstić information content (AvgIpc) is 2.85. The van der Waals surface area contributed by atoms with E-state index >= 15 is 0 Å². The highest BCUT2D eigenvalue weighted by atomic mass is 17.3. The van der Waals surface area contributed by atoms with Gasteiger partial charge in [-0.1, -0.05) is 39.0 Å². The molecule has 0 saturated carbocycles. The van der Waals surface area contributed by atoms with Crippen molar-refractivity contribution in [3.8, 4) is 5.88 Å². The van der Waals surface area contributed by atoms with Gasteiger partial charge in [-0.2, -0.15) is 4.99 Å². The molecule has 5 rings (SSSR count). The Morgan fingerprint density at radius 1 is 1.16 bits per heavy atom. The van der Waals surface area contributed by atoms with Crippen molar-refractivity contribution in [3.05, 3.63) is 84.3 Å². The van der Waals surface area contributed by atoms with E-state index in [-0.39, 0.29) is 32.5 Å². The molecule has 9 heteroatoms. The molecule has 0 saturated heterocycles. The molecule has 38 heavy (non-hydrogen) atoms. The zero-order chi connectivity index (χ0) is 27.6. The van der Waals surface area contributed by atoms with Crippen molar-refractivity contribution in [2.45, 2.75) is 51.4 Å². The van der Waals surface area contributed by atoms with Crippen LogP contribution in [0.4, 0.5) is 11.4 Å². The van der Waals surface area contributed by atoms with Crippen molar-refractivity contribution < 1.29 is 19.4 Å². The topological polar surface area (TPSA) is 98.5 Å². The minimum Gasteiger partial charge on any atom is -0.500 e. The number of anilines is 1. The van der Waals surface area contributed by atoms with Gasteiger partial charge >= 0.3 is 5.63 Å². The molecule has 0 aliphatic carbocycles. The number of benzene rings is 1. The van der Waals surface area contributed by atoms with Crippen LogP contribution in [0.25, 0.3) is 28.5 Å². The van der Waals surface area contributed by atoms with Crippen molar-refractivity contribution in [1.82, 2.24) is 4.73 Å². The highest BCUT2D eigenvalue weighted by molar-refractivity contribution is 5.91. The Kier molecular flexibility index (Phi) is 5.67. The van der Waals surface area contributed by atoms with Crippen LogP contribution in [0.1, 0.15) is 57.2 Å². The summed E-state index contributed by atoms with van der Waals surface area (Å²) in [5.41, 5.74) is 1.93. The summed E-state index contributed by atoms with van der Waals surface area (Å²) in [6.07, 6.45) is 4.14. The molecular weight excluding hydrogens is 486 g/mol. The molecule has 0 amide bonds. The van der Waals surface area contributed by atoms with Crippen LogP contribution < -0.4 is 31.5 Å². The van der Waals surface area contributed by atoms with Crippen molar-refractivity contribution >= 4 is 35.0 Å². The van der Waals surface area contributed by atoms with Gasteiger partial charge in [0.25, 0.3) is 11.2 Å². The first-order valence-electron chi connectivity index (χ1n) is 12.3. The van der Waals surface area contributed by atoms with Crippen molar-refractivity contribution in [2.24, 2.45) is 0 Å². The maximum Gasteiger partial charge on any atom is 0.343 e. The van der Waals surface area contributed by atoms with E-state index in [0.717, 1.165) is 48.8 Å². The summed E-state index contributed by atoms with van der Waals surface area (Å²) in [5.74, 6) is -0.778. The molecule has 2 aromatic heterocycles. The van der Waals surface area contributed by atoms with Gasteiger partial charge in [0, 0.05) is 34.9 Å². The third kappa shape index (κ3) is 3.67. The lowest BCUT2D eigenvalue weighted by Gasteiger charge is -2.48. The zero-order valence-corrected chi connectivity index (χ0v) is 21.9. The Hall–Kier alpha value is -4.45. The van der Waals surface area contributed by atoms with Gasteiger partial charge < -0.3 is 14.4 Å². The number of aromatic hydroxyl groups is 1. The molecule has 2 aliphatic rings. The van der Waals surface area contributed by atoms with Crippen LogP contribution in [-0.4, -0.2) is 22.9 Å². The van der Waals surface area contributed by atoms with Crippen LogP contribution in [0, 0.1) is 6.57 Å². The van der Waals surface area contributed by atoms with Crippen molar-refractivity contribution in [2.75, 3.05) is 18.0 Å². The third-order valence-corrected chi connectivity index (χ3v) is 7.79. The lowest BCUT2D eigenvalue weighted by molar-refractivity contribution is -0.254. The average molecular weight is 516 g/mol. The Bertz CT molecular complexity index is 1790. The van der Waals surface area contributed by atoms with E-state index in [1.165, 1.54) is 11.6 Å². The van der Waals surface area contributed by atoms with E-state index < -0.39 is 17.1 Å². The molecule has 0 bridgehead atoms. The molecule has 1 N–H and O–H groups in total. The van der Waals surface area contributed by atoms with Crippen LogP contribution in [0.5, 0.6) is 5.88 Å². The summed E-state index contributed by atoms with van der Waals surface area (Å²) in [6, 6.07) is 3.78. The number of aromatic nitrogens is 1. The predicted molar refractivity (Wildman–Crippen MR) is 145 cm³/mol. The minimum atomic E-state index is -0.875. The number of hydrogen-bond donors (Lipinski definition) is 1. The van der Waals surface area contributed by atoms with E-state index in [0.29, 0.717) is 10.3 Å². The third-order valence-electron chi connectivity index (χ3n) is 7.79. The van der Waals surface area contributed by atoms with Gasteiger partial charge in [0.1, 0.15) is 11.8 Å². The highest BCUT2D eigenvalue weighted by Crippen LogP contribution is 2.51. The van der Waals surface area contributed by atoms with Crippen molar-refractivity contribution in [3.63, 3.8) is 0 Å². The molecule has 3 aromatic rings. The molecule has 9 nitrogen and oxygen atoms in total. The van der Waals surface area contributed by atoms with Gasteiger partial charge in [0.2, 0.25) is 5.88 Å². The fraction of sp³-hybridized carbons (Fsp3) is 0.345. The Morgan fingerprint density at radius 3 is 2.50 bits per heavy atom. The Balaban J connectivity index is 1.84. The van der Waals surface area contributed by atoms with Crippen LogP contribution in [0.3, 0.4) is 0 Å². The standard InChI is InChI=1S/C29H29N3O6/c1-8-36-38-32-25(33)19(16(2)22(30-7)26(32)34)14-18-13-17-15-20-23-21(24(17)37-27(18)35)29(5,6)10-12-31(23)11-9-28(20,3)4/h8,13-15,34H,1-2,9-12H2,3-6H3. The number of fused-ring (bicyclic) bond motifs is 2. The number of nitrogens with zero attached hydrogens (tertiary/aromatic N) is 3. The van der Waals surface area contributed by atoms with E-state index in [1.54, 1.807) is 6.07 Å². The maximum atomic E-state index is 13.3. The normalized spacial score (nSPS) is 17.6. The molecular formula is C29H29N3O6. The van der Waals surface area contributed by atoms with E-state index in [4.69, 9.17) is 16.0 Å². The fourth-order valence-electron chi connectivity index (χ4n) is 5.53. The molecule has 2 aliphatic heterocycles. The van der Waals surface area contributed by atoms with Crippen LogP contribution in [0.15, 0.2) is 39.0 Å². The highest BCUT2D eigenvalue weighted by Gasteiger charge is 2.41. The maximum absolute atomic E-state index is 13.3. The summed E-state index contributed by atoms with van der Waals surface area (Å²) < 4.78 is 6.37. The van der Waals surface area contributed by atoms with Gasteiger partial charge in [-0.15, -0.1) is 6.58 Å². The predicted octanol–water partition coefficient (Wildman–Crippen LogP) is 3.12. The molecule has 0 radical (unpaired) electrons. The number of hydrogen-bond acceptors (Lipinski definition) is 7. The second-order valence-corrected chi connectivity index (χ2v) is 11.1. The largest absolute Gasteiger partial charge is 0.500 e. The molecule has 0 atom stereocenters. The molecule has 196 valence electrons. The summed E-state index contributed by atoms with van der Waals surface area (Å²) >= 11 is 0. The summed E-state index contributed by atoms with van der Waals surface area (Å²) in [5, 5.41) is 10.9. The fourth-order valence-corrected chi connectivity index (χ4v) is 5.53. The summed E-state index contributed by atoms with van der Waals surface area (Å²) in [6.45, 7) is 25.2. The van der Waals surface area contributed by atoms with Crippen LogP contribution >= 0.6 is 0 Å². The van der Waals surface area contributed by atoms with Gasteiger partial charge in [-0.25, -0.2) is 9.64 Å². The van der Waals surface area contributed by atoms with Gasteiger partial charge in [-0.3, -0.25) is 9.68 Å². The number of rotatable bonds is 4. The zero-order valence-electron chi connectivity index (χ0n) is 21.9. The SMILES string of the molecule is [C-]#[N+]c1c(O)n(OOC=C)c(=O)c(=Cc2cc3cc4c5c(c3oc2=O)C(C)(C)CCN5CCC4(C)C)c1=C. The first-order chi connectivity index (χ1) is 17.9. The molecule has 4 heterocycles. The molecule has 0 spiro atoms.